The van der Waals surface area contributed by atoms with E-state index >= 15 is 19.2 Å². The Kier molecular flexibility index (Phi) is 17.6. The highest BCUT2D eigenvalue weighted by atomic mass is 16.5. The minimum atomic E-state index is -3.44. The van der Waals surface area contributed by atoms with Gasteiger partial charge in [-0.05, 0) is 114 Å². The quantitative estimate of drug-likeness (QED) is 0.0671. The van der Waals surface area contributed by atoms with Gasteiger partial charge in [0, 0.05) is 25.1 Å². The number of aryl methyl sites for hydroxylation is 3. The van der Waals surface area contributed by atoms with Gasteiger partial charge in [-0.1, -0.05) is 26.0 Å². The Labute approximate surface area is 455 Å². The lowest BCUT2D eigenvalue weighted by Crippen LogP contribution is -2.80. The van der Waals surface area contributed by atoms with E-state index in [0.29, 0.717) is 5.82 Å². The SMILES string of the molecule is Cc1nc(-c2ccc3c(c2)CCC3(C)C)nc(C)c1C(=O)N[C@@H](CCN)C(=O)N(C)[C@@H]1C(=O)N[C@@H](C)C(=O)N[C@H](C(N)=O)CC2CC(C(N)=O)(C(O)(C(N)=O)CC2C(N)=O)C2(C(=O)NCC#N)CC1(C(N)=O)CCC2OCCN. The number of fused-ring (bicyclic) bond motifs is 6. The van der Waals surface area contributed by atoms with Crippen LogP contribution in [0, 0.1) is 53.3 Å². The van der Waals surface area contributed by atoms with Crippen molar-refractivity contribution in [3.8, 4) is 17.5 Å². The minimum absolute atomic E-state index is 0.000345. The van der Waals surface area contributed by atoms with Crippen molar-refractivity contribution in [3.63, 3.8) is 0 Å². The maximum absolute atomic E-state index is 15.7. The molecule has 1 aromatic carbocycles. The Bertz CT molecular complexity index is 2870. The summed E-state index contributed by atoms with van der Waals surface area (Å²) in [6.45, 7) is 6.91. The Hall–Kier alpha value is -7.67. The van der Waals surface area contributed by atoms with Crippen LogP contribution < -0.4 is 61.4 Å². The number of nitrogens with two attached hydrogens (primary N) is 7. The molecule has 6 rings (SSSR count). The Morgan fingerprint density at radius 3 is 2.13 bits per heavy atom. The molecule has 7 unspecified atom stereocenters. The Balaban J connectivity index is 1.58. The number of hydrogen-bond acceptors (Lipinski definition) is 17. The van der Waals surface area contributed by atoms with E-state index in [9.17, 15) is 39.1 Å². The summed E-state index contributed by atoms with van der Waals surface area (Å²) in [5.41, 5.74) is 33.8. The molecule has 428 valence electrons. The number of aromatic nitrogens is 2. The van der Waals surface area contributed by atoms with Crippen LogP contribution in [0.15, 0.2) is 18.2 Å². The summed E-state index contributed by atoms with van der Waals surface area (Å²) < 4.78 is 6.26. The van der Waals surface area contributed by atoms with Crippen LogP contribution in [0.4, 0.5) is 0 Å². The third-order valence-corrected chi connectivity index (χ3v) is 17.1. The molecule has 0 spiro atoms. The second-order valence-electron chi connectivity index (χ2n) is 22.1. The molecular formula is C52H73N15O12. The first-order valence-corrected chi connectivity index (χ1v) is 26.0. The number of hydrogen-bond donors (Lipinski definition) is 12. The summed E-state index contributed by atoms with van der Waals surface area (Å²) >= 11 is 0. The number of nitrogens with one attached hydrogen (secondary N) is 4. The van der Waals surface area contributed by atoms with Crippen molar-refractivity contribution in [1.29, 1.82) is 5.26 Å². The molecule has 27 heteroatoms. The van der Waals surface area contributed by atoms with Crippen LogP contribution in [0.25, 0.3) is 11.4 Å². The van der Waals surface area contributed by atoms with E-state index < -0.39 is 175 Å². The summed E-state index contributed by atoms with van der Waals surface area (Å²) in [4.78, 5) is 156. The number of carbonyl (C=O) groups is 10. The molecule has 27 nitrogen and oxygen atoms in total. The van der Waals surface area contributed by atoms with Gasteiger partial charge in [0.2, 0.25) is 47.3 Å². The lowest BCUT2D eigenvalue weighted by atomic mass is 9.39. The average molecular weight is 1100 g/mol. The zero-order valence-corrected chi connectivity index (χ0v) is 45.2. The highest BCUT2D eigenvalue weighted by molar-refractivity contribution is 6.04. The van der Waals surface area contributed by atoms with Crippen LogP contribution in [0.2, 0.25) is 0 Å². The smallest absolute Gasteiger partial charge is 0.255 e. The van der Waals surface area contributed by atoms with Gasteiger partial charge in [-0.3, -0.25) is 47.9 Å². The van der Waals surface area contributed by atoms with E-state index in [1.807, 2.05) is 18.2 Å². The standard InChI is InChI=1S/C52H73N15O12/c1-24-35(25(2)63-39(62-24)28-7-8-31-27(19-28)9-12-48(31,4)5)41(71)65-32(11-14-53)43(73)67(6)36-42(72)64-26(3)40(70)66-33(38(57)69)20-29-21-51(45(59)75,52(78,46(60)76)22-30(29)37(56)68)50(47(77)61-17-15-54)23-49(36,44(58)74)13-10-34(50)79-18-16-55/h7-8,19,26,29-30,32-34,36,78H,9-14,16-18,20-23,53,55H2,1-6H3,(H2,56,68)(H2,57,69)(H2,58,74)(H2,59,75)(H2,60,76)(H,61,77)(H,64,72)(H,65,71)(H,66,70)/t26-,29?,30?,32-,33-,34?,36+,49?,50?,51?,52?/m0/s1. The van der Waals surface area contributed by atoms with Gasteiger partial charge in [0.15, 0.2) is 11.4 Å². The monoisotopic (exact) mass is 1100 g/mol. The fourth-order valence-electron chi connectivity index (χ4n) is 13.2. The number of amides is 10. The van der Waals surface area contributed by atoms with Crippen LogP contribution in [-0.2, 0) is 59.7 Å². The molecule has 79 heavy (non-hydrogen) atoms. The first kappa shape index (κ1) is 60.6. The maximum atomic E-state index is 15.7. The molecule has 1 aromatic heterocycles. The molecule has 1 aliphatic heterocycles. The predicted molar refractivity (Wildman–Crippen MR) is 280 cm³/mol. The van der Waals surface area contributed by atoms with Crippen LogP contribution in [0.5, 0.6) is 0 Å². The zero-order chi connectivity index (χ0) is 58.9. The molecule has 2 saturated carbocycles. The molecule has 0 radical (unpaired) electrons. The third-order valence-electron chi connectivity index (χ3n) is 17.1. The first-order valence-electron chi connectivity index (χ1n) is 26.0. The number of primary amides is 5. The van der Waals surface area contributed by atoms with E-state index in [1.54, 1.807) is 19.9 Å². The fraction of sp³-hybridized carbons (Fsp3) is 0.596. The molecule has 3 aliphatic carbocycles. The first-order chi connectivity index (χ1) is 37.0. The molecule has 4 aliphatic rings. The van der Waals surface area contributed by atoms with Crippen LogP contribution in [-0.4, -0.2) is 148 Å². The topological polar surface area (TPSA) is 483 Å². The second-order valence-corrected chi connectivity index (χ2v) is 22.1. The van der Waals surface area contributed by atoms with Crippen LogP contribution >= 0.6 is 0 Å². The van der Waals surface area contributed by atoms with Crippen molar-refractivity contribution in [3.05, 3.63) is 46.3 Å². The summed E-state index contributed by atoms with van der Waals surface area (Å²) in [6, 6.07) is 0.386. The van der Waals surface area contributed by atoms with Crippen molar-refractivity contribution < 1.29 is 57.8 Å². The molecule has 3 fully saturated rings. The summed E-state index contributed by atoms with van der Waals surface area (Å²) in [7, 11) is 1.06. The van der Waals surface area contributed by atoms with Crippen molar-refractivity contribution in [1.82, 2.24) is 36.1 Å². The molecular weight excluding hydrogens is 1030 g/mol. The van der Waals surface area contributed by atoms with Gasteiger partial charge in [0.25, 0.3) is 11.8 Å². The molecule has 2 aromatic rings. The van der Waals surface area contributed by atoms with Gasteiger partial charge in [0.1, 0.15) is 36.1 Å². The fourth-order valence-corrected chi connectivity index (χ4v) is 13.2. The molecule has 2 heterocycles. The summed E-state index contributed by atoms with van der Waals surface area (Å²) in [6.07, 6.45) is -5.66. The zero-order valence-electron chi connectivity index (χ0n) is 45.2. The molecule has 4 bridgehead atoms. The summed E-state index contributed by atoms with van der Waals surface area (Å²) in [5, 5.41) is 32.8. The highest BCUT2D eigenvalue weighted by Gasteiger charge is 2.80. The van der Waals surface area contributed by atoms with E-state index in [-0.39, 0.29) is 41.9 Å². The van der Waals surface area contributed by atoms with E-state index in [4.69, 9.17) is 44.9 Å². The van der Waals surface area contributed by atoms with E-state index in [0.717, 1.165) is 35.9 Å². The van der Waals surface area contributed by atoms with Crippen molar-refractivity contribution in [2.24, 2.45) is 68.2 Å². The lowest BCUT2D eigenvalue weighted by Gasteiger charge is -2.64. The number of rotatable bonds is 17. The highest BCUT2D eigenvalue weighted by Crippen LogP contribution is 2.67. The normalized spacial score (nSPS) is 29.6. The van der Waals surface area contributed by atoms with Gasteiger partial charge in [-0.25, -0.2) is 9.97 Å². The number of carbonyl (C=O) groups excluding carboxylic acids is 10. The number of aliphatic hydroxyl groups is 1. The van der Waals surface area contributed by atoms with Crippen LogP contribution in [0.3, 0.4) is 0 Å². The van der Waals surface area contributed by atoms with Crippen molar-refractivity contribution >= 4 is 59.1 Å². The van der Waals surface area contributed by atoms with E-state index in [2.05, 4.69) is 45.1 Å². The minimum Gasteiger partial charge on any atom is -0.379 e. The number of benzene rings is 1. The van der Waals surface area contributed by atoms with Gasteiger partial charge in [0.05, 0.1) is 46.6 Å². The van der Waals surface area contributed by atoms with Gasteiger partial charge >= 0.3 is 0 Å². The van der Waals surface area contributed by atoms with Gasteiger partial charge < -0.3 is 76.1 Å². The van der Waals surface area contributed by atoms with Gasteiger partial charge in [-0.15, -0.1) is 0 Å². The lowest BCUT2D eigenvalue weighted by molar-refractivity contribution is -0.242. The Morgan fingerprint density at radius 2 is 1.57 bits per heavy atom. The third kappa shape index (κ3) is 10.6. The van der Waals surface area contributed by atoms with Crippen molar-refractivity contribution in [2.75, 3.05) is 33.3 Å². The second kappa shape index (κ2) is 23.0. The number of ether oxygens (including phenoxy) is 1. The van der Waals surface area contributed by atoms with Crippen molar-refractivity contribution in [2.45, 2.75) is 134 Å². The molecule has 11 atom stereocenters. The van der Waals surface area contributed by atoms with Gasteiger partial charge in [-0.2, -0.15) is 5.26 Å². The maximum Gasteiger partial charge on any atom is 0.255 e. The number of nitrogens with zero attached hydrogens (tertiary/aromatic N) is 4. The number of nitriles is 1. The predicted octanol–water partition coefficient (Wildman–Crippen LogP) is -4.04. The molecule has 10 amide bonds. The van der Waals surface area contributed by atoms with E-state index in [1.165, 1.54) is 12.5 Å². The van der Waals surface area contributed by atoms with Crippen LogP contribution in [0.1, 0.15) is 105 Å². The largest absolute Gasteiger partial charge is 0.379 e. The summed E-state index contributed by atoms with van der Waals surface area (Å²) in [5.74, 6) is -15.8. The molecule has 1 saturated heterocycles. The molecule has 19 N–H and O–H groups in total. The number of likely N-dealkylation sites (N-methyl/N-ethyl adjacent to an activating group) is 1. The Morgan fingerprint density at radius 1 is 0.911 bits per heavy atom. The average Bonchev–Trinajstić information content (AvgIpc) is 3.54.